The molecule has 3 heterocycles. The summed E-state index contributed by atoms with van der Waals surface area (Å²) in [4.78, 5) is 12.1. The van der Waals surface area contributed by atoms with E-state index in [1.807, 2.05) is 24.3 Å². The summed E-state index contributed by atoms with van der Waals surface area (Å²) in [7, 11) is -3.50. The molecule has 0 amide bonds. The van der Waals surface area contributed by atoms with E-state index in [-0.39, 0.29) is 0 Å². The Labute approximate surface area is 213 Å². The molecule has 1 fully saturated rings. The molecule has 0 atom stereocenters. The number of hydrogen-bond donors (Lipinski definition) is 0. The molecule has 0 unspecified atom stereocenters. The van der Waals surface area contributed by atoms with Crippen LogP contribution >= 0.6 is 0 Å². The summed E-state index contributed by atoms with van der Waals surface area (Å²) in [6.45, 7) is 9.24. The highest BCUT2D eigenvalue weighted by Gasteiger charge is 2.29. The van der Waals surface area contributed by atoms with Gasteiger partial charge in [-0.05, 0) is 61.2 Å². The van der Waals surface area contributed by atoms with Gasteiger partial charge in [-0.3, -0.25) is 9.47 Å². The summed E-state index contributed by atoms with van der Waals surface area (Å²) in [5.41, 5.74) is 5.08. The first-order chi connectivity index (χ1) is 17.3. The van der Waals surface area contributed by atoms with Crippen LogP contribution in [0, 0.1) is 12.8 Å². The van der Waals surface area contributed by atoms with Crippen LogP contribution < -0.4 is 0 Å². The van der Waals surface area contributed by atoms with Crippen molar-refractivity contribution in [2.45, 2.75) is 38.6 Å². The maximum atomic E-state index is 13.3. The minimum absolute atomic E-state index is 0.371. The first-order valence-corrected chi connectivity index (χ1v) is 14.0. The third kappa shape index (κ3) is 5.07. The van der Waals surface area contributed by atoms with E-state index in [1.165, 1.54) is 11.1 Å². The molecule has 7 nitrogen and oxygen atoms in total. The van der Waals surface area contributed by atoms with Crippen LogP contribution in [0.3, 0.4) is 0 Å². The van der Waals surface area contributed by atoms with Crippen molar-refractivity contribution in [3.8, 4) is 5.69 Å². The summed E-state index contributed by atoms with van der Waals surface area (Å²) in [5.74, 6) is 1.44. The van der Waals surface area contributed by atoms with Gasteiger partial charge in [0, 0.05) is 38.1 Å². The maximum Gasteiger partial charge on any atom is 0.243 e. The van der Waals surface area contributed by atoms with Crippen LogP contribution in [-0.4, -0.2) is 58.3 Å². The number of rotatable bonds is 7. The number of fused-ring (bicyclic) bond motifs is 1. The number of aryl methyl sites for hydroxylation is 1. The average molecular weight is 504 g/mol. The molecule has 1 aliphatic heterocycles. The van der Waals surface area contributed by atoms with Crippen molar-refractivity contribution in [3.63, 3.8) is 0 Å². The Balaban J connectivity index is 1.31. The zero-order valence-corrected chi connectivity index (χ0v) is 21.9. The molecule has 0 aliphatic carbocycles. The SMILES string of the molecule is Cc1ccc(-n2c(CN3CCN(S(=O)(=O)c4ccc(CC(C)C)cc4)CC3)nc3cccnc32)cc1. The molecule has 36 heavy (non-hydrogen) atoms. The Morgan fingerprint density at radius 1 is 0.917 bits per heavy atom. The Bertz CT molecular complexity index is 1440. The number of aromatic nitrogens is 3. The highest BCUT2D eigenvalue weighted by atomic mass is 32.2. The molecular weight excluding hydrogens is 470 g/mol. The van der Waals surface area contributed by atoms with Gasteiger partial charge < -0.3 is 0 Å². The minimum Gasteiger partial charge on any atom is -0.293 e. The van der Waals surface area contributed by atoms with Crippen molar-refractivity contribution in [1.82, 2.24) is 23.7 Å². The Morgan fingerprint density at radius 2 is 1.61 bits per heavy atom. The number of sulfonamides is 1. The lowest BCUT2D eigenvalue weighted by molar-refractivity contribution is 0.177. The van der Waals surface area contributed by atoms with Gasteiger partial charge in [0.2, 0.25) is 10.0 Å². The van der Waals surface area contributed by atoms with Gasteiger partial charge in [0.1, 0.15) is 11.3 Å². The molecule has 0 spiro atoms. The Morgan fingerprint density at radius 3 is 2.28 bits per heavy atom. The Kier molecular flexibility index (Phi) is 6.92. The predicted molar refractivity (Wildman–Crippen MR) is 143 cm³/mol. The Hall–Kier alpha value is -3.07. The van der Waals surface area contributed by atoms with Crippen LogP contribution in [0.4, 0.5) is 0 Å². The third-order valence-corrected chi connectivity index (χ3v) is 8.59. The molecule has 0 bridgehead atoms. The fourth-order valence-electron chi connectivity index (χ4n) is 4.78. The van der Waals surface area contributed by atoms with Gasteiger partial charge in [0.25, 0.3) is 0 Å². The standard InChI is InChI=1S/C28H33N5O2S/c1-21(2)19-23-8-12-25(13-9-23)36(34,35)32-17-15-31(16-18-32)20-27-30-26-5-4-14-29-28(26)33(27)24-10-6-22(3)7-11-24/h4-14,21H,15-20H2,1-3H3. The van der Waals surface area contributed by atoms with E-state index in [4.69, 9.17) is 4.98 Å². The molecule has 5 rings (SSSR count). The van der Waals surface area contributed by atoms with Crippen LogP contribution in [-0.2, 0) is 23.0 Å². The molecule has 1 aliphatic rings. The van der Waals surface area contributed by atoms with Crippen molar-refractivity contribution in [2.75, 3.05) is 26.2 Å². The molecule has 4 aromatic rings. The number of pyridine rings is 1. The average Bonchev–Trinajstić information content (AvgIpc) is 3.22. The van der Waals surface area contributed by atoms with Gasteiger partial charge in [-0.15, -0.1) is 0 Å². The molecule has 0 radical (unpaired) electrons. The van der Waals surface area contributed by atoms with E-state index in [0.29, 0.717) is 43.5 Å². The molecule has 2 aromatic heterocycles. The number of hydrogen-bond acceptors (Lipinski definition) is 5. The van der Waals surface area contributed by atoms with Gasteiger partial charge in [-0.1, -0.05) is 43.7 Å². The first kappa shape index (κ1) is 24.6. The van der Waals surface area contributed by atoms with Crippen molar-refractivity contribution in [3.05, 3.63) is 83.8 Å². The lowest BCUT2D eigenvalue weighted by Crippen LogP contribution is -2.48. The lowest BCUT2D eigenvalue weighted by atomic mass is 10.0. The zero-order chi connectivity index (χ0) is 25.3. The maximum absolute atomic E-state index is 13.3. The van der Waals surface area contributed by atoms with Crippen molar-refractivity contribution < 1.29 is 8.42 Å². The normalized spacial score (nSPS) is 15.7. The van der Waals surface area contributed by atoms with Crippen LogP contribution in [0.25, 0.3) is 16.9 Å². The van der Waals surface area contributed by atoms with Crippen LogP contribution in [0.1, 0.15) is 30.8 Å². The van der Waals surface area contributed by atoms with Gasteiger partial charge in [0.05, 0.1) is 11.4 Å². The molecule has 188 valence electrons. The molecule has 0 N–H and O–H groups in total. The van der Waals surface area contributed by atoms with E-state index in [1.54, 1.807) is 22.6 Å². The first-order valence-electron chi connectivity index (χ1n) is 12.5. The summed E-state index contributed by atoms with van der Waals surface area (Å²) in [6, 6.07) is 19.6. The molecular formula is C28H33N5O2S. The van der Waals surface area contributed by atoms with Gasteiger partial charge in [-0.2, -0.15) is 4.31 Å². The number of imidazole rings is 1. The molecule has 8 heteroatoms. The highest BCUT2D eigenvalue weighted by molar-refractivity contribution is 7.89. The van der Waals surface area contributed by atoms with E-state index >= 15 is 0 Å². The van der Waals surface area contributed by atoms with E-state index in [9.17, 15) is 8.42 Å². The highest BCUT2D eigenvalue weighted by Crippen LogP contribution is 2.23. The molecule has 2 aromatic carbocycles. The topological polar surface area (TPSA) is 71.3 Å². The molecule has 1 saturated heterocycles. The van der Waals surface area contributed by atoms with E-state index in [2.05, 4.69) is 59.5 Å². The summed E-state index contributed by atoms with van der Waals surface area (Å²) >= 11 is 0. The van der Waals surface area contributed by atoms with Crippen molar-refractivity contribution in [2.24, 2.45) is 5.92 Å². The minimum atomic E-state index is -3.50. The third-order valence-electron chi connectivity index (χ3n) is 6.68. The summed E-state index contributed by atoms with van der Waals surface area (Å²) < 4.78 is 30.2. The van der Waals surface area contributed by atoms with Crippen LogP contribution in [0.2, 0.25) is 0 Å². The lowest BCUT2D eigenvalue weighted by Gasteiger charge is -2.33. The predicted octanol–water partition coefficient (Wildman–Crippen LogP) is 4.43. The fraction of sp³-hybridized carbons (Fsp3) is 0.357. The smallest absolute Gasteiger partial charge is 0.243 e. The van der Waals surface area contributed by atoms with Crippen LogP contribution in [0.5, 0.6) is 0 Å². The van der Waals surface area contributed by atoms with Gasteiger partial charge >= 0.3 is 0 Å². The van der Waals surface area contributed by atoms with Crippen molar-refractivity contribution >= 4 is 21.2 Å². The van der Waals surface area contributed by atoms with Gasteiger partial charge in [0.15, 0.2) is 5.65 Å². The van der Waals surface area contributed by atoms with Crippen LogP contribution in [0.15, 0.2) is 71.8 Å². The second-order valence-corrected chi connectivity index (χ2v) is 11.9. The quantitative estimate of drug-likeness (QED) is 0.373. The monoisotopic (exact) mass is 503 g/mol. The second kappa shape index (κ2) is 10.1. The number of piperazine rings is 1. The summed E-state index contributed by atoms with van der Waals surface area (Å²) in [5, 5.41) is 0. The number of benzene rings is 2. The molecule has 0 saturated carbocycles. The fourth-order valence-corrected chi connectivity index (χ4v) is 6.20. The van der Waals surface area contributed by atoms with E-state index < -0.39 is 10.0 Å². The second-order valence-electron chi connectivity index (χ2n) is 9.97. The zero-order valence-electron chi connectivity index (χ0n) is 21.1. The largest absolute Gasteiger partial charge is 0.293 e. The van der Waals surface area contributed by atoms with Gasteiger partial charge in [-0.25, -0.2) is 18.4 Å². The number of nitrogens with zero attached hydrogens (tertiary/aromatic N) is 5. The van der Waals surface area contributed by atoms with E-state index in [0.717, 1.165) is 29.1 Å². The summed E-state index contributed by atoms with van der Waals surface area (Å²) in [6.07, 6.45) is 2.74. The van der Waals surface area contributed by atoms with Crippen molar-refractivity contribution in [1.29, 1.82) is 0 Å².